The lowest BCUT2D eigenvalue weighted by Crippen LogP contribution is -2.46. The monoisotopic (exact) mass is 346 g/mol. The van der Waals surface area contributed by atoms with Gasteiger partial charge >= 0.3 is 0 Å². The van der Waals surface area contributed by atoms with Crippen LogP contribution in [-0.2, 0) is 30.9 Å². The number of rotatable bonds is 5. The minimum absolute atomic E-state index is 0.226. The molecule has 2 heterocycles. The van der Waals surface area contributed by atoms with Gasteiger partial charge in [0.1, 0.15) is 18.2 Å². The Kier molecular flexibility index (Phi) is 5.60. The van der Waals surface area contributed by atoms with Crippen molar-refractivity contribution in [2.45, 2.75) is 38.6 Å². The molecule has 3 rings (SSSR count). The summed E-state index contributed by atoms with van der Waals surface area (Å²) >= 11 is 0. The molecular formula is C17H23FN6O. The van der Waals surface area contributed by atoms with Gasteiger partial charge in [-0.3, -0.25) is 4.99 Å². The highest BCUT2D eigenvalue weighted by Gasteiger charge is 2.22. The molecule has 0 aliphatic carbocycles. The number of benzene rings is 1. The van der Waals surface area contributed by atoms with Gasteiger partial charge in [-0.05, 0) is 24.1 Å². The van der Waals surface area contributed by atoms with Gasteiger partial charge in [0.05, 0.1) is 6.54 Å². The van der Waals surface area contributed by atoms with Gasteiger partial charge in [0, 0.05) is 33.2 Å². The van der Waals surface area contributed by atoms with E-state index in [1.807, 2.05) is 4.68 Å². The van der Waals surface area contributed by atoms with E-state index in [9.17, 15) is 4.39 Å². The van der Waals surface area contributed by atoms with Crippen LogP contribution in [0.25, 0.3) is 0 Å². The Balaban J connectivity index is 1.54. The summed E-state index contributed by atoms with van der Waals surface area (Å²) in [5.41, 5.74) is 0.996. The smallest absolute Gasteiger partial charge is 0.191 e. The summed E-state index contributed by atoms with van der Waals surface area (Å²) in [6, 6.07) is 6.66. The van der Waals surface area contributed by atoms with E-state index < -0.39 is 0 Å². The zero-order valence-electron chi connectivity index (χ0n) is 14.5. The fraction of sp³-hybridized carbons (Fsp3) is 0.471. The average molecular weight is 346 g/mol. The standard InChI is InChI=1S/C17H23FN6O/c1-19-17(20-9-12-3-5-13(18)6-4-12)21-14-7-8-16-22-15(11-25-2)23-24(16)10-14/h3-6,14H,7-11H2,1-2H3,(H2,19,20,21). The van der Waals surface area contributed by atoms with Gasteiger partial charge in [0.2, 0.25) is 0 Å². The molecule has 2 N–H and O–H groups in total. The van der Waals surface area contributed by atoms with E-state index in [1.54, 1.807) is 26.3 Å². The molecule has 8 heteroatoms. The maximum Gasteiger partial charge on any atom is 0.191 e. The van der Waals surface area contributed by atoms with Crippen LogP contribution in [0.3, 0.4) is 0 Å². The molecule has 0 radical (unpaired) electrons. The van der Waals surface area contributed by atoms with Crippen molar-refractivity contribution in [2.24, 2.45) is 4.99 Å². The molecule has 1 aliphatic heterocycles. The van der Waals surface area contributed by atoms with Crippen molar-refractivity contribution >= 4 is 5.96 Å². The van der Waals surface area contributed by atoms with Crippen molar-refractivity contribution in [1.29, 1.82) is 0 Å². The number of nitrogens with zero attached hydrogens (tertiary/aromatic N) is 4. The molecule has 0 amide bonds. The minimum atomic E-state index is -0.232. The fourth-order valence-corrected chi connectivity index (χ4v) is 2.84. The molecule has 25 heavy (non-hydrogen) atoms. The van der Waals surface area contributed by atoms with Gasteiger partial charge in [0.25, 0.3) is 0 Å². The lowest BCUT2D eigenvalue weighted by Gasteiger charge is -2.25. The normalized spacial score (nSPS) is 17.2. The highest BCUT2D eigenvalue weighted by atomic mass is 19.1. The maximum absolute atomic E-state index is 13.0. The summed E-state index contributed by atoms with van der Waals surface area (Å²) < 4.78 is 20.0. The molecule has 134 valence electrons. The quantitative estimate of drug-likeness (QED) is 0.629. The van der Waals surface area contributed by atoms with E-state index in [1.165, 1.54) is 12.1 Å². The molecule has 0 spiro atoms. The predicted molar refractivity (Wildman–Crippen MR) is 92.6 cm³/mol. The Morgan fingerprint density at radius 1 is 1.40 bits per heavy atom. The number of hydrogen-bond donors (Lipinski definition) is 2. The fourth-order valence-electron chi connectivity index (χ4n) is 2.84. The van der Waals surface area contributed by atoms with E-state index in [2.05, 4.69) is 25.7 Å². The van der Waals surface area contributed by atoms with Gasteiger partial charge in [-0.25, -0.2) is 14.1 Å². The van der Waals surface area contributed by atoms with Crippen molar-refractivity contribution < 1.29 is 9.13 Å². The molecule has 1 unspecified atom stereocenters. The molecule has 0 saturated carbocycles. The van der Waals surface area contributed by atoms with Crippen LogP contribution in [0.5, 0.6) is 0 Å². The van der Waals surface area contributed by atoms with Crippen LogP contribution in [-0.4, -0.2) is 40.9 Å². The number of aromatic nitrogens is 3. The second-order valence-corrected chi connectivity index (χ2v) is 5.99. The second-order valence-electron chi connectivity index (χ2n) is 5.99. The number of halogens is 1. The summed E-state index contributed by atoms with van der Waals surface area (Å²) in [6.07, 6.45) is 1.83. The number of aliphatic imine (C=N–C) groups is 1. The van der Waals surface area contributed by atoms with E-state index in [0.29, 0.717) is 13.2 Å². The van der Waals surface area contributed by atoms with E-state index in [0.717, 1.165) is 42.6 Å². The van der Waals surface area contributed by atoms with Crippen LogP contribution in [0.15, 0.2) is 29.3 Å². The third-order valence-electron chi connectivity index (χ3n) is 4.11. The van der Waals surface area contributed by atoms with E-state index >= 15 is 0 Å². The number of methoxy groups -OCH3 is 1. The average Bonchev–Trinajstić information content (AvgIpc) is 3.02. The van der Waals surface area contributed by atoms with Crippen LogP contribution in [0.4, 0.5) is 4.39 Å². The van der Waals surface area contributed by atoms with Crippen molar-refractivity contribution in [3.63, 3.8) is 0 Å². The molecule has 7 nitrogen and oxygen atoms in total. The Morgan fingerprint density at radius 2 is 2.20 bits per heavy atom. The largest absolute Gasteiger partial charge is 0.377 e. The van der Waals surface area contributed by atoms with Crippen LogP contribution in [0.2, 0.25) is 0 Å². The molecule has 1 aromatic heterocycles. The first-order chi connectivity index (χ1) is 12.2. The number of ether oxygens (including phenoxy) is 1. The maximum atomic E-state index is 13.0. The zero-order chi connectivity index (χ0) is 17.6. The summed E-state index contributed by atoms with van der Waals surface area (Å²) in [7, 11) is 3.38. The van der Waals surface area contributed by atoms with Gasteiger partial charge in [0.15, 0.2) is 11.8 Å². The molecule has 0 bridgehead atoms. The predicted octanol–water partition coefficient (Wildman–Crippen LogP) is 1.24. The number of guanidine groups is 1. The Labute approximate surface area is 146 Å². The number of aryl methyl sites for hydroxylation is 1. The van der Waals surface area contributed by atoms with Gasteiger partial charge in [-0.1, -0.05) is 12.1 Å². The number of nitrogens with one attached hydrogen (secondary N) is 2. The molecule has 2 aromatic rings. The van der Waals surface area contributed by atoms with Crippen molar-refractivity contribution in [3.8, 4) is 0 Å². The van der Waals surface area contributed by atoms with Crippen molar-refractivity contribution in [3.05, 3.63) is 47.3 Å². The molecule has 0 fully saturated rings. The molecule has 1 aliphatic rings. The Bertz CT molecular complexity index is 727. The lowest BCUT2D eigenvalue weighted by atomic mass is 10.1. The van der Waals surface area contributed by atoms with Gasteiger partial charge in [-0.2, -0.15) is 5.10 Å². The van der Waals surface area contributed by atoms with Crippen molar-refractivity contribution in [2.75, 3.05) is 14.2 Å². The van der Waals surface area contributed by atoms with Crippen LogP contribution in [0.1, 0.15) is 23.6 Å². The topological polar surface area (TPSA) is 76.4 Å². The minimum Gasteiger partial charge on any atom is -0.377 e. The van der Waals surface area contributed by atoms with Gasteiger partial charge in [-0.15, -0.1) is 0 Å². The SMILES string of the molecule is CN=C(NCc1ccc(F)cc1)NC1CCc2nc(COC)nn2C1. The van der Waals surface area contributed by atoms with E-state index in [4.69, 9.17) is 4.74 Å². The zero-order valence-corrected chi connectivity index (χ0v) is 14.5. The Morgan fingerprint density at radius 3 is 2.92 bits per heavy atom. The van der Waals surface area contributed by atoms with E-state index in [-0.39, 0.29) is 11.9 Å². The molecule has 1 aromatic carbocycles. The summed E-state index contributed by atoms with van der Waals surface area (Å²) in [6.45, 7) is 1.75. The third-order valence-corrected chi connectivity index (χ3v) is 4.11. The Hall–Kier alpha value is -2.48. The highest BCUT2D eigenvalue weighted by molar-refractivity contribution is 5.79. The summed E-state index contributed by atoms with van der Waals surface area (Å²) in [4.78, 5) is 8.74. The number of fused-ring (bicyclic) bond motifs is 1. The highest BCUT2D eigenvalue weighted by Crippen LogP contribution is 2.13. The van der Waals surface area contributed by atoms with Gasteiger partial charge < -0.3 is 15.4 Å². The lowest BCUT2D eigenvalue weighted by molar-refractivity contribution is 0.177. The van der Waals surface area contributed by atoms with Crippen LogP contribution in [0, 0.1) is 5.82 Å². The van der Waals surface area contributed by atoms with Crippen LogP contribution >= 0.6 is 0 Å². The first kappa shape index (κ1) is 17.3. The summed E-state index contributed by atoms with van der Waals surface area (Å²) in [5, 5.41) is 11.1. The number of hydrogen-bond acceptors (Lipinski definition) is 4. The first-order valence-corrected chi connectivity index (χ1v) is 8.31. The molecular weight excluding hydrogens is 323 g/mol. The van der Waals surface area contributed by atoms with Crippen LogP contribution < -0.4 is 10.6 Å². The third kappa shape index (κ3) is 4.54. The molecule has 0 saturated heterocycles. The second kappa shape index (κ2) is 8.06. The summed E-state index contributed by atoms with van der Waals surface area (Å²) in [5.74, 6) is 2.20. The molecule has 1 atom stereocenters. The van der Waals surface area contributed by atoms with Crippen molar-refractivity contribution in [1.82, 2.24) is 25.4 Å². The first-order valence-electron chi connectivity index (χ1n) is 8.31.